The van der Waals surface area contributed by atoms with Gasteiger partial charge < -0.3 is 10.1 Å². The molecule has 0 amide bonds. The predicted octanol–water partition coefficient (Wildman–Crippen LogP) is 2.06. The maximum absolute atomic E-state index is 11.6. The van der Waals surface area contributed by atoms with E-state index in [1.165, 1.54) is 12.3 Å². The SMILES string of the molecule is NS(=O)(=O)c1cccnc1NC[C@H]1CC[C@@H](c2ccccc2)O1. The molecule has 0 unspecified atom stereocenters. The Hall–Kier alpha value is -1.96. The summed E-state index contributed by atoms with van der Waals surface area (Å²) in [7, 11) is -3.80. The number of primary sulfonamides is 1. The molecular weight excluding hydrogens is 314 g/mol. The van der Waals surface area contributed by atoms with Crippen molar-refractivity contribution in [2.75, 3.05) is 11.9 Å². The monoisotopic (exact) mass is 333 g/mol. The third-order valence-corrected chi connectivity index (χ3v) is 4.80. The number of nitrogens with two attached hydrogens (primary N) is 1. The zero-order chi connectivity index (χ0) is 16.3. The number of ether oxygens (including phenoxy) is 1. The van der Waals surface area contributed by atoms with E-state index in [-0.39, 0.29) is 22.9 Å². The quantitative estimate of drug-likeness (QED) is 0.873. The number of anilines is 1. The fraction of sp³-hybridized carbons (Fsp3) is 0.312. The van der Waals surface area contributed by atoms with E-state index < -0.39 is 10.0 Å². The van der Waals surface area contributed by atoms with Crippen LogP contribution in [0.25, 0.3) is 0 Å². The lowest BCUT2D eigenvalue weighted by Gasteiger charge is -2.16. The van der Waals surface area contributed by atoms with Crippen LogP contribution in [0.1, 0.15) is 24.5 Å². The summed E-state index contributed by atoms with van der Waals surface area (Å²) >= 11 is 0. The van der Waals surface area contributed by atoms with Crippen molar-refractivity contribution >= 4 is 15.8 Å². The van der Waals surface area contributed by atoms with Gasteiger partial charge in [0.05, 0.1) is 12.2 Å². The Morgan fingerprint density at radius 1 is 1.17 bits per heavy atom. The molecule has 3 N–H and O–H groups in total. The van der Waals surface area contributed by atoms with E-state index in [2.05, 4.69) is 22.4 Å². The molecule has 1 aromatic heterocycles. The lowest BCUT2D eigenvalue weighted by atomic mass is 10.1. The highest BCUT2D eigenvalue weighted by Crippen LogP contribution is 2.32. The summed E-state index contributed by atoms with van der Waals surface area (Å²) in [6, 6.07) is 13.1. The number of hydrogen-bond donors (Lipinski definition) is 2. The van der Waals surface area contributed by atoms with Crippen molar-refractivity contribution in [2.45, 2.75) is 29.9 Å². The second-order valence-corrected chi connectivity index (χ2v) is 7.04. The third-order valence-electron chi connectivity index (χ3n) is 3.85. The zero-order valence-electron chi connectivity index (χ0n) is 12.6. The first-order valence-electron chi connectivity index (χ1n) is 7.46. The van der Waals surface area contributed by atoms with Crippen LogP contribution in [-0.4, -0.2) is 26.1 Å². The lowest BCUT2D eigenvalue weighted by Crippen LogP contribution is -2.22. The average Bonchev–Trinajstić information content (AvgIpc) is 3.02. The van der Waals surface area contributed by atoms with Crippen LogP contribution >= 0.6 is 0 Å². The van der Waals surface area contributed by atoms with Crippen LogP contribution in [0.2, 0.25) is 0 Å². The highest BCUT2D eigenvalue weighted by Gasteiger charge is 2.26. The van der Waals surface area contributed by atoms with Crippen molar-refractivity contribution < 1.29 is 13.2 Å². The standard InChI is InChI=1S/C16H19N3O3S/c17-23(20,21)15-7-4-10-18-16(15)19-11-13-8-9-14(22-13)12-5-2-1-3-6-12/h1-7,10,13-14H,8-9,11H2,(H,18,19)(H2,17,20,21)/t13-,14+/m1/s1. The van der Waals surface area contributed by atoms with E-state index in [1.807, 2.05) is 18.2 Å². The zero-order valence-corrected chi connectivity index (χ0v) is 13.4. The molecule has 1 aromatic carbocycles. The van der Waals surface area contributed by atoms with Crippen LogP contribution in [-0.2, 0) is 14.8 Å². The van der Waals surface area contributed by atoms with Crippen molar-refractivity contribution in [3.63, 3.8) is 0 Å². The van der Waals surface area contributed by atoms with Gasteiger partial charge in [-0.25, -0.2) is 18.5 Å². The molecule has 3 rings (SSSR count). The van der Waals surface area contributed by atoms with Gasteiger partial charge in [-0.1, -0.05) is 30.3 Å². The Labute approximate surface area is 135 Å². The minimum atomic E-state index is -3.80. The number of nitrogens with zero attached hydrogens (tertiary/aromatic N) is 1. The van der Waals surface area contributed by atoms with Crippen molar-refractivity contribution in [1.29, 1.82) is 0 Å². The third kappa shape index (κ3) is 3.87. The first-order chi connectivity index (χ1) is 11.0. The van der Waals surface area contributed by atoms with Crippen molar-refractivity contribution in [1.82, 2.24) is 4.98 Å². The molecule has 0 bridgehead atoms. The molecule has 0 saturated carbocycles. The minimum Gasteiger partial charge on any atom is -0.368 e. The van der Waals surface area contributed by atoms with Crippen LogP contribution in [0, 0.1) is 0 Å². The topological polar surface area (TPSA) is 94.3 Å². The lowest BCUT2D eigenvalue weighted by molar-refractivity contribution is 0.0521. The molecule has 2 atom stereocenters. The van der Waals surface area contributed by atoms with Crippen molar-refractivity contribution in [3.05, 3.63) is 54.2 Å². The Bertz CT molecular complexity index is 765. The summed E-state index contributed by atoms with van der Waals surface area (Å²) < 4.78 is 29.1. The maximum atomic E-state index is 11.6. The van der Waals surface area contributed by atoms with Crippen molar-refractivity contribution in [3.8, 4) is 0 Å². The molecule has 2 heterocycles. The fourth-order valence-electron chi connectivity index (χ4n) is 2.73. The predicted molar refractivity (Wildman–Crippen MR) is 87.4 cm³/mol. The van der Waals surface area contributed by atoms with Crippen LogP contribution in [0.4, 0.5) is 5.82 Å². The minimum absolute atomic E-state index is 0.00222. The van der Waals surface area contributed by atoms with Gasteiger partial charge in [0.25, 0.3) is 0 Å². The van der Waals surface area contributed by atoms with E-state index in [1.54, 1.807) is 6.07 Å². The normalized spacial score (nSPS) is 21.3. The molecule has 2 aromatic rings. The Morgan fingerprint density at radius 2 is 1.96 bits per heavy atom. The summed E-state index contributed by atoms with van der Waals surface area (Å²) in [6.07, 6.45) is 3.48. The second-order valence-electron chi connectivity index (χ2n) is 5.51. The summed E-state index contributed by atoms with van der Waals surface area (Å²) in [4.78, 5) is 4.06. The van der Waals surface area contributed by atoms with E-state index >= 15 is 0 Å². The Kier molecular flexibility index (Phi) is 4.61. The number of rotatable bonds is 5. The summed E-state index contributed by atoms with van der Waals surface area (Å²) in [5, 5.41) is 8.24. The van der Waals surface area contributed by atoms with Gasteiger partial charge >= 0.3 is 0 Å². The molecule has 122 valence electrons. The number of nitrogens with one attached hydrogen (secondary N) is 1. The summed E-state index contributed by atoms with van der Waals surface area (Å²) in [5.41, 5.74) is 1.16. The Morgan fingerprint density at radius 3 is 2.70 bits per heavy atom. The molecular formula is C16H19N3O3S. The van der Waals surface area contributed by atoms with E-state index in [0.29, 0.717) is 6.54 Å². The molecule has 6 nitrogen and oxygen atoms in total. The molecule has 23 heavy (non-hydrogen) atoms. The average molecular weight is 333 g/mol. The summed E-state index contributed by atoms with van der Waals surface area (Å²) in [5.74, 6) is 0.266. The van der Waals surface area contributed by atoms with Gasteiger partial charge in [-0.05, 0) is 30.5 Å². The van der Waals surface area contributed by atoms with Crippen LogP contribution in [0.3, 0.4) is 0 Å². The van der Waals surface area contributed by atoms with Gasteiger partial charge in [0.1, 0.15) is 10.7 Å². The number of benzene rings is 1. The first-order valence-corrected chi connectivity index (χ1v) is 9.01. The molecule has 1 aliphatic rings. The van der Waals surface area contributed by atoms with Crippen LogP contribution in [0.15, 0.2) is 53.6 Å². The van der Waals surface area contributed by atoms with Gasteiger partial charge in [0.15, 0.2) is 0 Å². The highest BCUT2D eigenvalue weighted by atomic mass is 32.2. The van der Waals surface area contributed by atoms with Crippen LogP contribution < -0.4 is 10.5 Å². The molecule has 0 spiro atoms. The van der Waals surface area contributed by atoms with Gasteiger partial charge in [0.2, 0.25) is 10.0 Å². The molecule has 0 aliphatic carbocycles. The second kappa shape index (κ2) is 6.66. The summed E-state index contributed by atoms with van der Waals surface area (Å²) in [6.45, 7) is 0.489. The van der Waals surface area contributed by atoms with Gasteiger partial charge in [-0.2, -0.15) is 0 Å². The van der Waals surface area contributed by atoms with Gasteiger partial charge in [0, 0.05) is 12.7 Å². The number of aromatic nitrogens is 1. The first kappa shape index (κ1) is 15.9. The molecule has 1 saturated heterocycles. The van der Waals surface area contributed by atoms with E-state index in [4.69, 9.17) is 9.88 Å². The van der Waals surface area contributed by atoms with Crippen molar-refractivity contribution in [2.24, 2.45) is 5.14 Å². The smallest absolute Gasteiger partial charge is 0.241 e. The number of pyridine rings is 1. The van der Waals surface area contributed by atoms with Gasteiger partial charge in [-0.15, -0.1) is 0 Å². The molecule has 7 heteroatoms. The van der Waals surface area contributed by atoms with Gasteiger partial charge in [-0.3, -0.25) is 0 Å². The highest BCUT2D eigenvalue weighted by molar-refractivity contribution is 7.89. The molecule has 1 fully saturated rings. The fourth-order valence-corrected chi connectivity index (χ4v) is 3.39. The number of sulfonamides is 1. The largest absolute Gasteiger partial charge is 0.368 e. The molecule has 1 aliphatic heterocycles. The van der Waals surface area contributed by atoms with Crippen LogP contribution in [0.5, 0.6) is 0 Å². The Balaban J connectivity index is 1.63. The van der Waals surface area contributed by atoms with E-state index in [9.17, 15) is 8.42 Å². The number of hydrogen-bond acceptors (Lipinski definition) is 5. The molecule has 0 radical (unpaired) electrons. The van der Waals surface area contributed by atoms with E-state index in [0.717, 1.165) is 18.4 Å². The maximum Gasteiger partial charge on any atom is 0.241 e.